The van der Waals surface area contributed by atoms with Gasteiger partial charge in [-0.25, -0.2) is 4.39 Å². The van der Waals surface area contributed by atoms with Gasteiger partial charge in [-0.05, 0) is 23.8 Å². The molecule has 2 aromatic rings. The first-order valence-electron chi connectivity index (χ1n) is 7.64. The van der Waals surface area contributed by atoms with E-state index >= 15 is 0 Å². The summed E-state index contributed by atoms with van der Waals surface area (Å²) in [5.74, 6) is -1.22. The molecule has 0 radical (unpaired) electrons. The molecular weight excluding hydrogens is 331 g/mol. The maximum Gasteiger partial charge on any atom is 0.254 e. The summed E-state index contributed by atoms with van der Waals surface area (Å²) in [5, 5.41) is 2.74. The summed E-state index contributed by atoms with van der Waals surface area (Å²) in [6.07, 6.45) is 0.411. The van der Waals surface area contributed by atoms with Crippen LogP contribution in [0.2, 0.25) is 5.02 Å². The number of nitrogens with one attached hydrogen (secondary N) is 1. The van der Waals surface area contributed by atoms with Crippen LogP contribution in [0.5, 0.6) is 0 Å². The van der Waals surface area contributed by atoms with Gasteiger partial charge in [0.2, 0.25) is 5.91 Å². The molecule has 124 valence electrons. The van der Waals surface area contributed by atoms with Gasteiger partial charge in [-0.3, -0.25) is 9.59 Å². The summed E-state index contributed by atoms with van der Waals surface area (Å²) in [4.78, 5) is 26.5. The summed E-state index contributed by atoms with van der Waals surface area (Å²) in [5.41, 5.74) is 1.14. The number of amides is 2. The van der Waals surface area contributed by atoms with Crippen molar-refractivity contribution in [3.05, 3.63) is 70.5 Å². The largest absolute Gasteiger partial charge is 0.353 e. The molecule has 1 aliphatic rings. The third kappa shape index (κ3) is 3.41. The van der Waals surface area contributed by atoms with Crippen LogP contribution in [0.15, 0.2) is 48.5 Å². The Balaban J connectivity index is 1.86. The highest BCUT2D eigenvalue weighted by Gasteiger charge is 2.33. The van der Waals surface area contributed by atoms with Crippen LogP contribution in [0, 0.1) is 5.82 Å². The van der Waals surface area contributed by atoms with Gasteiger partial charge in [-0.2, -0.15) is 0 Å². The Bertz CT molecular complexity index is 767. The minimum Gasteiger partial charge on any atom is -0.353 e. The first-order chi connectivity index (χ1) is 11.6. The Hall–Kier alpha value is -2.40. The molecule has 1 fully saturated rings. The highest BCUT2D eigenvalue weighted by atomic mass is 35.5. The van der Waals surface area contributed by atoms with E-state index in [4.69, 9.17) is 11.6 Å². The van der Waals surface area contributed by atoms with E-state index in [1.54, 1.807) is 0 Å². The van der Waals surface area contributed by atoms with Crippen LogP contribution in [0.4, 0.5) is 4.39 Å². The molecular formula is C18H16ClFN2O2. The van der Waals surface area contributed by atoms with Crippen LogP contribution < -0.4 is 5.32 Å². The second-order valence-corrected chi connectivity index (χ2v) is 6.03. The molecule has 0 unspecified atom stereocenters. The molecule has 4 nitrogen and oxygen atoms in total. The quantitative estimate of drug-likeness (QED) is 0.929. The number of hydrogen-bond donors (Lipinski definition) is 1. The lowest BCUT2D eigenvalue weighted by Gasteiger charge is -2.35. The van der Waals surface area contributed by atoms with Crippen molar-refractivity contribution in [1.29, 1.82) is 0 Å². The van der Waals surface area contributed by atoms with E-state index in [2.05, 4.69) is 5.32 Å². The minimum absolute atomic E-state index is 0.0382. The van der Waals surface area contributed by atoms with Crippen LogP contribution in [0.1, 0.15) is 15.9 Å². The summed E-state index contributed by atoms with van der Waals surface area (Å²) in [6.45, 7) is 0.762. The van der Waals surface area contributed by atoms with Gasteiger partial charge >= 0.3 is 0 Å². The van der Waals surface area contributed by atoms with E-state index in [1.165, 1.54) is 17.0 Å². The Kier molecular flexibility index (Phi) is 4.81. The predicted octanol–water partition coefficient (Wildman–Crippen LogP) is 2.66. The number of carbonyl (C=O) groups is 2. The third-order valence-corrected chi connectivity index (χ3v) is 4.34. The van der Waals surface area contributed by atoms with Crippen molar-refractivity contribution in [2.24, 2.45) is 0 Å². The zero-order chi connectivity index (χ0) is 17.1. The molecule has 0 aliphatic carbocycles. The van der Waals surface area contributed by atoms with E-state index in [-0.39, 0.29) is 22.4 Å². The van der Waals surface area contributed by atoms with Gasteiger partial charge in [0.05, 0.1) is 5.02 Å². The van der Waals surface area contributed by atoms with Gasteiger partial charge in [0.25, 0.3) is 5.91 Å². The lowest BCUT2D eigenvalue weighted by molar-refractivity contribution is -0.127. The van der Waals surface area contributed by atoms with Crippen molar-refractivity contribution in [3.63, 3.8) is 0 Å². The first-order valence-corrected chi connectivity index (χ1v) is 8.01. The maximum absolute atomic E-state index is 13.6. The molecule has 1 saturated heterocycles. The highest BCUT2D eigenvalue weighted by molar-refractivity contribution is 6.30. The van der Waals surface area contributed by atoms with Crippen LogP contribution in [-0.2, 0) is 11.2 Å². The van der Waals surface area contributed by atoms with Gasteiger partial charge in [-0.1, -0.05) is 41.9 Å². The second-order valence-electron chi connectivity index (χ2n) is 5.62. The Morgan fingerprint density at radius 3 is 2.71 bits per heavy atom. The van der Waals surface area contributed by atoms with E-state index in [0.717, 1.165) is 11.6 Å². The lowest BCUT2D eigenvalue weighted by atomic mass is 10.0. The van der Waals surface area contributed by atoms with E-state index in [9.17, 15) is 14.0 Å². The van der Waals surface area contributed by atoms with Crippen LogP contribution in [-0.4, -0.2) is 35.8 Å². The number of halogens is 2. The number of carbonyl (C=O) groups excluding carboxylic acids is 2. The molecule has 1 atom stereocenters. The van der Waals surface area contributed by atoms with Crippen LogP contribution in [0.25, 0.3) is 0 Å². The summed E-state index contributed by atoms with van der Waals surface area (Å²) >= 11 is 5.67. The lowest BCUT2D eigenvalue weighted by Crippen LogP contribution is -2.58. The Labute approximate surface area is 144 Å². The van der Waals surface area contributed by atoms with E-state index < -0.39 is 11.9 Å². The number of hydrogen-bond acceptors (Lipinski definition) is 2. The van der Waals surface area contributed by atoms with Crippen molar-refractivity contribution >= 4 is 23.4 Å². The van der Waals surface area contributed by atoms with Crippen molar-refractivity contribution in [2.75, 3.05) is 13.1 Å². The predicted molar refractivity (Wildman–Crippen MR) is 89.4 cm³/mol. The van der Waals surface area contributed by atoms with Crippen molar-refractivity contribution < 1.29 is 14.0 Å². The Morgan fingerprint density at radius 1 is 1.25 bits per heavy atom. The van der Waals surface area contributed by atoms with Crippen LogP contribution in [0.3, 0.4) is 0 Å². The molecule has 2 aromatic carbocycles. The molecule has 0 spiro atoms. The minimum atomic E-state index is -0.649. The zero-order valence-electron chi connectivity index (χ0n) is 12.8. The standard InChI is InChI=1S/C18H16ClFN2O2/c19-14-7-6-13(11-15(14)20)18(24)22-9-8-21-17(23)16(22)10-12-4-2-1-3-5-12/h1-7,11,16H,8-10H2,(H,21,23)/t16-/m1/s1. The molecule has 24 heavy (non-hydrogen) atoms. The normalized spacial score (nSPS) is 17.5. The molecule has 2 amide bonds. The number of benzene rings is 2. The molecule has 1 N–H and O–H groups in total. The molecule has 0 aromatic heterocycles. The van der Waals surface area contributed by atoms with Crippen molar-refractivity contribution in [2.45, 2.75) is 12.5 Å². The molecule has 3 rings (SSSR count). The molecule has 1 aliphatic heterocycles. The topological polar surface area (TPSA) is 49.4 Å². The van der Waals surface area contributed by atoms with Crippen molar-refractivity contribution in [3.8, 4) is 0 Å². The molecule has 1 heterocycles. The average molecular weight is 347 g/mol. The zero-order valence-corrected chi connectivity index (χ0v) is 13.6. The summed E-state index contributed by atoms with van der Waals surface area (Å²) in [6, 6.07) is 12.8. The summed E-state index contributed by atoms with van der Waals surface area (Å²) in [7, 11) is 0. The van der Waals surface area contributed by atoms with Gasteiger partial charge in [0.15, 0.2) is 0 Å². The van der Waals surface area contributed by atoms with Crippen LogP contribution >= 0.6 is 11.6 Å². The number of piperazine rings is 1. The van der Waals surface area contributed by atoms with Gasteiger partial charge in [0.1, 0.15) is 11.9 Å². The molecule has 0 saturated carbocycles. The average Bonchev–Trinajstić information content (AvgIpc) is 2.59. The SMILES string of the molecule is O=C1NCCN(C(=O)c2ccc(Cl)c(F)c2)[C@@H]1Cc1ccccc1. The van der Waals surface area contributed by atoms with E-state index in [0.29, 0.717) is 19.5 Å². The monoisotopic (exact) mass is 346 g/mol. The van der Waals surface area contributed by atoms with Gasteiger partial charge in [-0.15, -0.1) is 0 Å². The number of nitrogens with zero attached hydrogens (tertiary/aromatic N) is 1. The fraction of sp³-hybridized carbons (Fsp3) is 0.222. The smallest absolute Gasteiger partial charge is 0.254 e. The van der Waals surface area contributed by atoms with Gasteiger partial charge < -0.3 is 10.2 Å². The summed E-state index contributed by atoms with van der Waals surface area (Å²) < 4.78 is 13.6. The Morgan fingerprint density at radius 2 is 2.00 bits per heavy atom. The van der Waals surface area contributed by atoms with Gasteiger partial charge in [0, 0.05) is 25.1 Å². The maximum atomic E-state index is 13.6. The molecule has 6 heteroatoms. The van der Waals surface area contributed by atoms with Crippen molar-refractivity contribution in [1.82, 2.24) is 10.2 Å². The second kappa shape index (κ2) is 7.01. The fourth-order valence-corrected chi connectivity index (χ4v) is 2.91. The first kappa shape index (κ1) is 16.5. The third-order valence-electron chi connectivity index (χ3n) is 4.03. The highest BCUT2D eigenvalue weighted by Crippen LogP contribution is 2.19. The number of rotatable bonds is 3. The van der Waals surface area contributed by atoms with E-state index in [1.807, 2.05) is 30.3 Å². The fourth-order valence-electron chi connectivity index (χ4n) is 2.79. The molecule has 0 bridgehead atoms.